The number of thiocarbonyl (C=S) groups is 1. The number of anilines is 1. The molecule has 4 fully saturated rings. The van der Waals surface area contributed by atoms with E-state index in [0.29, 0.717) is 6.04 Å². The molecule has 5 rings (SSSR count). The SMILES string of the molecule is S=C(NCC1CC2CCN1CC2CN1CCCCC1)Nc1ccccc1. The molecule has 4 aliphatic rings. The first-order chi connectivity index (χ1) is 12.8. The van der Waals surface area contributed by atoms with Crippen molar-refractivity contribution < 1.29 is 0 Å². The molecule has 2 N–H and O–H groups in total. The van der Waals surface area contributed by atoms with Crippen LogP contribution in [0.4, 0.5) is 5.69 Å². The summed E-state index contributed by atoms with van der Waals surface area (Å²) in [7, 11) is 0. The van der Waals surface area contributed by atoms with Crippen molar-refractivity contribution >= 4 is 23.0 Å². The molecule has 26 heavy (non-hydrogen) atoms. The van der Waals surface area contributed by atoms with Gasteiger partial charge in [-0.25, -0.2) is 0 Å². The van der Waals surface area contributed by atoms with Gasteiger partial charge in [-0.3, -0.25) is 4.90 Å². The molecule has 0 saturated carbocycles. The topological polar surface area (TPSA) is 30.5 Å². The third-order valence-corrected chi connectivity index (χ3v) is 6.73. The van der Waals surface area contributed by atoms with Gasteiger partial charge >= 0.3 is 0 Å². The Morgan fingerprint density at radius 3 is 2.62 bits per heavy atom. The van der Waals surface area contributed by atoms with Crippen LogP contribution >= 0.6 is 12.2 Å². The fourth-order valence-corrected chi connectivity index (χ4v) is 5.25. The van der Waals surface area contributed by atoms with Crippen LogP contribution in [0.25, 0.3) is 0 Å². The third-order valence-electron chi connectivity index (χ3n) is 6.49. The Hall–Kier alpha value is -1.17. The summed E-state index contributed by atoms with van der Waals surface area (Å²) >= 11 is 5.47. The van der Waals surface area contributed by atoms with Crippen LogP contribution in [0.2, 0.25) is 0 Å². The first kappa shape index (κ1) is 18.2. The molecule has 2 bridgehead atoms. The quantitative estimate of drug-likeness (QED) is 0.776. The highest BCUT2D eigenvalue weighted by Crippen LogP contribution is 2.36. The van der Waals surface area contributed by atoms with E-state index >= 15 is 0 Å². The van der Waals surface area contributed by atoms with Gasteiger partial charge in [0.2, 0.25) is 0 Å². The lowest BCUT2D eigenvalue weighted by molar-refractivity contribution is -0.0124. The largest absolute Gasteiger partial charge is 0.361 e. The van der Waals surface area contributed by atoms with Crippen molar-refractivity contribution in [2.24, 2.45) is 11.8 Å². The lowest BCUT2D eigenvalue weighted by Crippen LogP contribution is -2.58. The molecule has 4 unspecified atom stereocenters. The average Bonchev–Trinajstić information content (AvgIpc) is 2.69. The van der Waals surface area contributed by atoms with Crippen molar-refractivity contribution in [2.75, 3.05) is 44.6 Å². The lowest BCUT2D eigenvalue weighted by Gasteiger charge is -2.51. The lowest BCUT2D eigenvalue weighted by atomic mass is 9.75. The summed E-state index contributed by atoms with van der Waals surface area (Å²) in [6, 6.07) is 10.8. The predicted octanol–water partition coefficient (Wildman–Crippen LogP) is 3.17. The maximum absolute atomic E-state index is 5.47. The number of fused-ring (bicyclic) bond motifs is 3. The minimum Gasteiger partial charge on any atom is -0.361 e. The van der Waals surface area contributed by atoms with Crippen molar-refractivity contribution in [3.8, 4) is 0 Å². The van der Waals surface area contributed by atoms with Gasteiger partial charge in [-0.15, -0.1) is 0 Å². The monoisotopic (exact) mass is 372 g/mol. The van der Waals surface area contributed by atoms with Gasteiger partial charge in [-0.05, 0) is 81.5 Å². The van der Waals surface area contributed by atoms with Gasteiger partial charge < -0.3 is 15.5 Å². The van der Waals surface area contributed by atoms with E-state index in [0.717, 1.165) is 29.2 Å². The van der Waals surface area contributed by atoms with Crippen LogP contribution in [0.1, 0.15) is 32.1 Å². The number of benzene rings is 1. The smallest absolute Gasteiger partial charge is 0.170 e. The zero-order valence-corrected chi connectivity index (χ0v) is 16.5. The molecule has 5 heteroatoms. The van der Waals surface area contributed by atoms with E-state index in [1.165, 1.54) is 64.8 Å². The number of likely N-dealkylation sites (tertiary alicyclic amines) is 1. The molecular formula is C21H32N4S. The molecule has 0 amide bonds. The number of piperidine rings is 4. The predicted molar refractivity (Wildman–Crippen MR) is 113 cm³/mol. The molecule has 0 radical (unpaired) electrons. The maximum Gasteiger partial charge on any atom is 0.170 e. The summed E-state index contributed by atoms with van der Waals surface area (Å²) < 4.78 is 0. The standard InChI is InChI=1S/C21H32N4S/c26-21(23-19-7-3-1-4-8-19)22-14-20-13-17-9-12-25(20)16-18(17)15-24-10-5-2-6-11-24/h1,3-4,7-8,17-18,20H,2,5-6,9-16H2,(H2,22,23,26). The number of nitrogens with one attached hydrogen (secondary N) is 2. The van der Waals surface area contributed by atoms with Gasteiger partial charge in [0.1, 0.15) is 0 Å². The number of nitrogens with zero attached hydrogens (tertiary/aromatic N) is 2. The van der Waals surface area contributed by atoms with Crippen LogP contribution in [0, 0.1) is 11.8 Å². The Morgan fingerprint density at radius 1 is 1.08 bits per heavy atom. The number of hydrogen-bond donors (Lipinski definition) is 2. The number of rotatable bonds is 5. The second kappa shape index (κ2) is 8.68. The average molecular weight is 373 g/mol. The molecule has 0 aromatic heterocycles. The van der Waals surface area contributed by atoms with Crippen LogP contribution in [-0.4, -0.2) is 60.2 Å². The van der Waals surface area contributed by atoms with Gasteiger partial charge in [-0.1, -0.05) is 24.6 Å². The molecular weight excluding hydrogens is 340 g/mol. The molecule has 1 aromatic rings. The van der Waals surface area contributed by atoms with Gasteiger partial charge in [0, 0.05) is 31.4 Å². The normalized spacial score (nSPS) is 31.5. The van der Waals surface area contributed by atoms with Crippen molar-refractivity contribution in [3.63, 3.8) is 0 Å². The third kappa shape index (κ3) is 4.56. The molecule has 142 valence electrons. The number of para-hydroxylation sites is 1. The van der Waals surface area contributed by atoms with E-state index in [-0.39, 0.29) is 0 Å². The van der Waals surface area contributed by atoms with Crippen LogP contribution in [0.5, 0.6) is 0 Å². The summed E-state index contributed by atoms with van der Waals surface area (Å²) in [4.78, 5) is 5.44. The summed E-state index contributed by atoms with van der Waals surface area (Å²) in [6.07, 6.45) is 6.96. The molecule has 4 atom stereocenters. The summed E-state index contributed by atoms with van der Waals surface area (Å²) in [6.45, 7) is 7.50. The molecule has 0 aliphatic carbocycles. The summed E-state index contributed by atoms with van der Waals surface area (Å²) in [5, 5.41) is 7.47. The zero-order valence-electron chi connectivity index (χ0n) is 15.7. The highest BCUT2D eigenvalue weighted by Gasteiger charge is 2.40. The van der Waals surface area contributed by atoms with E-state index in [4.69, 9.17) is 12.2 Å². The van der Waals surface area contributed by atoms with E-state index < -0.39 is 0 Å². The van der Waals surface area contributed by atoms with Crippen LogP contribution in [-0.2, 0) is 0 Å². The minimum absolute atomic E-state index is 0.641. The maximum atomic E-state index is 5.47. The van der Waals surface area contributed by atoms with E-state index in [1.807, 2.05) is 30.3 Å². The Morgan fingerprint density at radius 2 is 1.88 bits per heavy atom. The minimum atomic E-state index is 0.641. The molecule has 4 aliphatic heterocycles. The Bertz CT molecular complexity index is 587. The van der Waals surface area contributed by atoms with Crippen molar-refractivity contribution in [1.29, 1.82) is 0 Å². The summed E-state index contributed by atoms with van der Waals surface area (Å²) in [5.41, 5.74) is 1.05. The molecule has 4 heterocycles. The second-order valence-corrected chi connectivity index (χ2v) is 8.66. The van der Waals surface area contributed by atoms with E-state index in [9.17, 15) is 0 Å². The van der Waals surface area contributed by atoms with E-state index in [1.54, 1.807) is 0 Å². The first-order valence-corrected chi connectivity index (χ1v) is 10.7. The van der Waals surface area contributed by atoms with Crippen molar-refractivity contribution in [1.82, 2.24) is 15.1 Å². The first-order valence-electron chi connectivity index (χ1n) is 10.3. The zero-order chi connectivity index (χ0) is 17.8. The van der Waals surface area contributed by atoms with Crippen LogP contribution in [0.15, 0.2) is 30.3 Å². The van der Waals surface area contributed by atoms with Crippen LogP contribution in [0.3, 0.4) is 0 Å². The van der Waals surface area contributed by atoms with Gasteiger partial charge in [0.05, 0.1) is 0 Å². The van der Waals surface area contributed by atoms with E-state index in [2.05, 4.69) is 20.4 Å². The highest BCUT2D eigenvalue weighted by molar-refractivity contribution is 7.80. The number of hydrogen-bond acceptors (Lipinski definition) is 3. The van der Waals surface area contributed by atoms with Gasteiger partial charge in [-0.2, -0.15) is 0 Å². The fourth-order valence-electron chi connectivity index (χ4n) is 5.05. The van der Waals surface area contributed by atoms with Crippen molar-refractivity contribution in [2.45, 2.75) is 38.1 Å². The van der Waals surface area contributed by atoms with Gasteiger partial charge in [0.15, 0.2) is 5.11 Å². The summed E-state index contributed by atoms with van der Waals surface area (Å²) in [5.74, 6) is 1.79. The van der Waals surface area contributed by atoms with Gasteiger partial charge in [0.25, 0.3) is 0 Å². The molecule has 1 aromatic carbocycles. The molecule has 0 spiro atoms. The highest BCUT2D eigenvalue weighted by atomic mass is 32.1. The van der Waals surface area contributed by atoms with Crippen LogP contribution < -0.4 is 10.6 Å². The fraction of sp³-hybridized carbons (Fsp3) is 0.667. The molecule has 4 nitrogen and oxygen atoms in total. The van der Waals surface area contributed by atoms with Crippen molar-refractivity contribution in [3.05, 3.63) is 30.3 Å². The molecule has 4 saturated heterocycles. The Balaban J connectivity index is 1.23. The Kier molecular flexibility index (Phi) is 6.08. The second-order valence-electron chi connectivity index (χ2n) is 8.26. The Labute approximate surface area is 163 Å².